The molecule has 3 amide bonds. The average Bonchev–Trinajstić information content (AvgIpc) is 2.96. The molecule has 1 aliphatic heterocycles. The zero-order valence-corrected chi connectivity index (χ0v) is 12.9. The maximum absolute atomic E-state index is 11.8. The van der Waals surface area contributed by atoms with Crippen LogP contribution in [-0.4, -0.2) is 36.1 Å². The molecule has 1 fully saturated rings. The highest BCUT2D eigenvalue weighted by Crippen LogP contribution is 2.22. The summed E-state index contributed by atoms with van der Waals surface area (Å²) in [5.74, 6) is -0.744. The van der Waals surface area contributed by atoms with E-state index < -0.39 is 5.97 Å². The van der Waals surface area contributed by atoms with E-state index >= 15 is 0 Å². The molecule has 1 saturated heterocycles. The smallest absolute Gasteiger partial charge is 0.315 e. The maximum Gasteiger partial charge on any atom is 0.315 e. The number of hydrogen-bond acceptors (Lipinski definition) is 3. The number of carbonyl (C=O) groups is 3. The van der Waals surface area contributed by atoms with Gasteiger partial charge >= 0.3 is 12.0 Å². The highest BCUT2D eigenvalue weighted by Gasteiger charge is 2.21. The number of benzene rings is 1. The molecule has 1 aliphatic rings. The Bertz CT molecular complexity index is 588. The Morgan fingerprint density at radius 1 is 1.26 bits per heavy atom. The fraction of sp³-hybridized carbons (Fsp3) is 0.438. The quantitative estimate of drug-likeness (QED) is 0.663. The Morgan fingerprint density at radius 3 is 2.78 bits per heavy atom. The number of nitrogens with one attached hydrogen (secondary N) is 2. The standard InChI is InChI=1S/C16H21N3O4/c20-14-6-3-9-19(14)13-5-1-4-12(10-13)11-18-16(23)17-8-2-7-15(21)22/h1,4-5,10H,2-3,6-9,11H2,(H,21,22)(H2,17,18,23). The Labute approximate surface area is 134 Å². The van der Waals surface area contributed by atoms with Crippen molar-refractivity contribution in [2.24, 2.45) is 0 Å². The number of aliphatic carboxylic acids is 1. The maximum atomic E-state index is 11.8. The molecule has 7 nitrogen and oxygen atoms in total. The number of carbonyl (C=O) groups excluding carboxylic acids is 2. The zero-order chi connectivity index (χ0) is 16.7. The van der Waals surface area contributed by atoms with E-state index in [1.807, 2.05) is 24.3 Å². The molecule has 1 aromatic rings. The highest BCUT2D eigenvalue weighted by atomic mass is 16.4. The van der Waals surface area contributed by atoms with Gasteiger partial charge in [-0.1, -0.05) is 12.1 Å². The van der Waals surface area contributed by atoms with E-state index in [4.69, 9.17) is 5.11 Å². The van der Waals surface area contributed by atoms with E-state index in [1.165, 1.54) is 0 Å². The van der Waals surface area contributed by atoms with Crippen molar-refractivity contribution in [1.29, 1.82) is 0 Å². The van der Waals surface area contributed by atoms with E-state index in [1.54, 1.807) is 4.90 Å². The first-order valence-electron chi connectivity index (χ1n) is 7.69. The molecule has 0 atom stereocenters. The summed E-state index contributed by atoms with van der Waals surface area (Å²) in [6.45, 7) is 1.40. The van der Waals surface area contributed by atoms with Crippen LogP contribution in [-0.2, 0) is 16.1 Å². The van der Waals surface area contributed by atoms with Crippen molar-refractivity contribution in [3.05, 3.63) is 29.8 Å². The normalized spacial score (nSPS) is 13.9. The van der Waals surface area contributed by atoms with Crippen LogP contribution in [0.1, 0.15) is 31.2 Å². The van der Waals surface area contributed by atoms with Crippen LogP contribution in [0.15, 0.2) is 24.3 Å². The van der Waals surface area contributed by atoms with Crippen molar-refractivity contribution >= 4 is 23.6 Å². The number of rotatable bonds is 7. The molecule has 0 unspecified atom stereocenters. The average molecular weight is 319 g/mol. The third-order valence-electron chi connectivity index (χ3n) is 3.60. The van der Waals surface area contributed by atoms with Crippen molar-refractivity contribution in [3.63, 3.8) is 0 Å². The first-order chi connectivity index (χ1) is 11.1. The minimum atomic E-state index is -0.875. The fourth-order valence-corrected chi connectivity index (χ4v) is 2.44. The summed E-state index contributed by atoms with van der Waals surface area (Å²) < 4.78 is 0. The van der Waals surface area contributed by atoms with Crippen LogP contribution in [0, 0.1) is 0 Å². The number of anilines is 1. The topological polar surface area (TPSA) is 98.7 Å². The van der Waals surface area contributed by atoms with Crippen molar-refractivity contribution in [3.8, 4) is 0 Å². The van der Waals surface area contributed by atoms with Crippen LogP contribution in [0.4, 0.5) is 10.5 Å². The van der Waals surface area contributed by atoms with Gasteiger partial charge in [0, 0.05) is 38.2 Å². The van der Waals surface area contributed by atoms with Crippen molar-refractivity contribution in [1.82, 2.24) is 10.6 Å². The lowest BCUT2D eigenvalue weighted by Crippen LogP contribution is -2.35. The lowest BCUT2D eigenvalue weighted by atomic mass is 10.2. The van der Waals surface area contributed by atoms with Crippen molar-refractivity contribution in [2.45, 2.75) is 32.2 Å². The number of nitrogens with zero attached hydrogens (tertiary/aromatic N) is 1. The van der Waals surface area contributed by atoms with Gasteiger partial charge < -0.3 is 20.6 Å². The van der Waals surface area contributed by atoms with Crippen LogP contribution < -0.4 is 15.5 Å². The van der Waals surface area contributed by atoms with Gasteiger partial charge in [0.25, 0.3) is 0 Å². The van der Waals surface area contributed by atoms with Crippen LogP contribution >= 0.6 is 0 Å². The Balaban J connectivity index is 1.78. The number of carboxylic acids is 1. The lowest BCUT2D eigenvalue weighted by Gasteiger charge is -2.16. The summed E-state index contributed by atoms with van der Waals surface area (Å²) in [4.78, 5) is 35.5. The summed E-state index contributed by atoms with van der Waals surface area (Å²) in [5, 5.41) is 13.8. The molecule has 3 N–H and O–H groups in total. The molecule has 23 heavy (non-hydrogen) atoms. The SMILES string of the molecule is O=C(O)CCCNC(=O)NCc1cccc(N2CCCC2=O)c1. The molecule has 2 rings (SSSR count). The zero-order valence-electron chi connectivity index (χ0n) is 12.9. The Kier molecular flexibility index (Phi) is 5.96. The van der Waals surface area contributed by atoms with E-state index in [0.717, 1.165) is 24.2 Å². The molecule has 1 heterocycles. The minimum absolute atomic E-state index is 0.0339. The summed E-state index contributed by atoms with van der Waals surface area (Å²) in [5.41, 5.74) is 1.76. The second kappa shape index (κ2) is 8.17. The van der Waals surface area contributed by atoms with Gasteiger partial charge in [0.05, 0.1) is 0 Å². The second-order valence-corrected chi connectivity index (χ2v) is 5.43. The molecule has 124 valence electrons. The van der Waals surface area contributed by atoms with Gasteiger partial charge in [0.1, 0.15) is 0 Å². The molecular formula is C16H21N3O4. The van der Waals surface area contributed by atoms with E-state index in [-0.39, 0.29) is 18.4 Å². The van der Waals surface area contributed by atoms with Gasteiger partial charge in [-0.3, -0.25) is 9.59 Å². The monoisotopic (exact) mass is 319 g/mol. The van der Waals surface area contributed by atoms with Crippen LogP contribution in [0.5, 0.6) is 0 Å². The van der Waals surface area contributed by atoms with Gasteiger partial charge in [-0.05, 0) is 30.5 Å². The number of hydrogen-bond donors (Lipinski definition) is 3. The summed E-state index contributed by atoms with van der Waals surface area (Å²) in [7, 11) is 0. The molecule has 0 spiro atoms. The molecule has 0 aliphatic carbocycles. The Hall–Kier alpha value is -2.57. The number of urea groups is 1. The lowest BCUT2D eigenvalue weighted by molar-refractivity contribution is -0.137. The largest absolute Gasteiger partial charge is 0.481 e. The summed E-state index contributed by atoms with van der Waals surface area (Å²) >= 11 is 0. The van der Waals surface area contributed by atoms with Crippen molar-refractivity contribution in [2.75, 3.05) is 18.0 Å². The fourth-order valence-electron chi connectivity index (χ4n) is 2.44. The predicted octanol–water partition coefficient (Wildman–Crippen LogP) is 1.48. The minimum Gasteiger partial charge on any atom is -0.481 e. The molecule has 0 radical (unpaired) electrons. The predicted molar refractivity (Wildman–Crippen MR) is 85.1 cm³/mol. The third-order valence-corrected chi connectivity index (χ3v) is 3.60. The Morgan fingerprint density at radius 2 is 2.09 bits per heavy atom. The van der Waals surface area contributed by atoms with Crippen LogP contribution in [0.25, 0.3) is 0 Å². The van der Waals surface area contributed by atoms with E-state index in [0.29, 0.717) is 25.9 Å². The first kappa shape index (κ1) is 16.8. The number of carboxylic acid groups (broad SMARTS) is 1. The molecule has 0 bridgehead atoms. The van der Waals surface area contributed by atoms with Crippen molar-refractivity contribution < 1.29 is 19.5 Å². The van der Waals surface area contributed by atoms with Gasteiger partial charge in [-0.2, -0.15) is 0 Å². The number of amides is 3. The van der Waals surface area contributed by atoms with Gasteiger partial charge in [0.2, 0.25) is 5.91 Å². The van der Waals surface area contributed by atoms with E-state index in [2.05, 4.69) is 10.6 Å². The second-order valence-electron chi connectivity index (χ2n) is 5.43. The van der Waals surface area contributed by atoms with Gasteiger partial charge in [-0.15, -0.1) is 0 Å². The molecular weight excluding hydrogens is 298 g/mol. The van der Waals surface area contributed by atoms with Crippen LogP contribution in [0.2, 0.25) is 0 Å². The van der Waals surface area contributed by atoms with Gasteiger partial charge in [0.15, 0.2) is 0 Å². The van der Waals surface area contributed by atoms with Crippen LogP contribution in [0.3, 0.4) is 0 Å². The highest BCUT2D eigenvalue weighted by molar-refractivity contribution is 5.95. The molecule has 0 saturated carbocycles. The summed E-state index contributed by atoms with van der Waals surface area (Å²) in [6, 6.07) is 7.20. The van der Waals surface area contributed by atoms with Gasteiger partial charge in [-0.25, -0.2) is 4.79 Å². The first-order valence-corrected chi connectivity index (χ1v) is 7.69. The molecule has 7 heteroatoms. The van der Waals surface area contributed by atoms with E-state index in [9.17, 15) is 14.4 Å². The molecule has 1 aromatic carbocycles. The molecule has 0 aromatic heterocycles. The summed E-state index contributed by atoms with van der Waals surface area (Å²) in [6.07, 6.45) is 1.89. The third kappa shape index (κ3) is 5.28.